The Morgan fingerprint density at radius 1 is 1.03 bits per heavy atom. The van der Waals surface area contributed by atoms with Gasteiger partial charge in [-0.1, -0.05) is 29.8 Å². The van der Waals surface area contributed by atoms with Gasteiger partial charge in [0, 0.05) is 36.8 Å². The first-order valence-corrected chi connectivity index (χ1v) is 11.1. The van der Waals surface area contributed by atoms with Crippen LogP contribution in [0.25, 0.3) is 34.4 Å². The van der Waals surface area contributed by atoms with Gasteiger partial charge in [0.25, 0.3) is 5.91 Å². The number of benzene rings is 2. The molecule has 1 amide bonds. The number of hydrogen-bond acceptors (Lipinski definition) is 5. The number of phenols is 1. The predicted molar refractivity (Wildman–Crippen MR) is 130 cm³/mol. The second-order valence-corrected chi connectivity index (χ2v) is 8.30. The average Bonchev–Trinajstić information content (AvgIpc) is 3.27. The number of halogens is 1. The minimum Gasteiger partial charge on any atom is -0.508 e. The van der Waals surface area contributed by atoms with E-state index in [2.05, 4.69) is 15.5 Å². The van der Waals surface area contributed by atoms with Crippen LogP contribution in [0, 0.1) is 0 Å². The molecule has 1 aliphatic rings. The highest BCUT2D eigenvalue weighted by molar-refractivity contribution is 6.30. The second-order valence-electron chi connectivity index (χ2n) is 7.86. The van der Waals surface area contributed by atoms with E-state index in [0.29, 0.717) is 46.1 Å². The van der Waals surface area contributed by atoms with Crippen LogP contribution in [-0.2, 0) is 0 Å². The summed E-state index contributed by atoms with van der Waals surface area (Å²) >= 11 is 5.98. The van der Waals surface area contributed by atoms with Crippen molar-refractivity contribution in [3.8, 4) is 17.0 Å². The molecular formula is C25H22ClN5O2. The number of nitrogens with one attached hydrogen (secondary N) is 2. The summed E-state index contributed by atoms with van der Waals surface area (Å²) in [5, 5.41) is 21.7. The lowest BCUT2D eigenvalue weighted by Crippen LogP contribution is -2.46. The van der Waals surface area contributed by atoms with Crippen molar-refractivity contribution in [3.05, 3.63) is 76.4 Å². The van der Waals surface area contributed by atoms with Crippen molar-refractivity contribution in [2.45, 2.75) is 0 Å². The van der Waals surface area contributed by atoms with E-state index < -0.39 is 0 Å². The van der Waals surface area contributed by atoms with E-state index in [1.54, 1.807) is 24.3 Å². The summed E-state index contributed by atoms with van der Waals surface area (Å²) in [6.45, 7) is 2.81. The molecule has 0 atom stereocenters. The molecule has 4 aromatic rings. The summed E-state index contributed by atoms with van der Waals surface area (Å²) in [5.74, 6) is 0.123. The monoisotopic (exact) mass is 459 g/mol. The first kappa shape index (κ1) is 21.2. The van der Waals surface area contributed by atoms with Crippen molar-refractivity contribution in [2.24, 2.45) is 0 Å². The highest BCUT2D eigenvalue weighted by Crippen LogP contribution is 2.29. The second kappa shape index (κ2) is 9.05. The van der Waals surface area contributed by atoms with Gasteiger partial charge >= 0.3 is 0 Å². The average molecular weight is 460 g/mol. The number of piperazine rings is 1. The van der Waals surface area contributed by atoms with E-state index in [0.717, 1.165) is 24.2 Å². The lowest BCUT2D eigenvalue weighted by Gasteiger charge is -2.27. The van der Waals surface area contributed by atoms with Crippen LogP contribution in [0.5, 0.6) is 5.75 Å². The van der Waals surface area contributed by atoms with E-state index in [-0.39, 0.29) is 11.7 Å². The number of pyridine rings is 1. The van der Waals surface area contributed by atoms with Crippen LogP contribution in [0.15, 0.2) is 54.6 Å². The maximum atomic E-state index is 13.6. The minimum absolute atomic E-state index is 0.0496. The molecule has 1 saturated heterocycles. The first-order valence-electron chi connectivity index (χ1n) is 10.7. The number of hydrogen-bond donors (Lipinski definition) is 3. The van der Waals surface area contributed by atoms with Gasteiger partial charge in [0.2, 0.25) is 0 Å². The largest absolute Gasteiger partial charge is 0.508 e. The lowest BCUT2D eigenvalue weighted by atomic mass is 10.0. The van der Waals surface area contributed by atoms with Crippen molar-refractivity contribution in [1.29, 1.82) is 0 Å². The summed E-state index contributed by atoms with van der Waals surface area (Å²) in [4.78, 5) is 20.1. The fourth-order valence-electron chi connectivity index (χ4n) is 3.91. The van der Waals surface area contributed by atoms with Crippen LogP contribution in [0.1, 0.15) is 21.6 Å². The molecule has 5 rings (SSSR count). The molecule has 0 bridgehead atoms. The Hall–Kier alpha value is -3.68. The Kier molecular flexibility index (Phi) is 5.81. The molecular weight excluding hydrogens is 438 g/mol. The first-order chi connectivity index (χ1) is 16.1. The zero-order chi connectivity index (χ0) is 22.8. The number of carbonyl (C=O) groups excluding carboxylic acids is 1. The van der Waals surface area contributed by atoms with Gasteiger partial charge in [-0.3, -0.25) is 9.89 Å². The normalized spacial score (nSPS) is 14.3. The van der Waals surface area contributed by atoms with Crippen molar-refractivity contribution < 1.29 is 9.90 Å². The Morgan fingerprint density at radius 3 is 2.48 bits per heavy atom. The molecule has 0 aliphatic carbocycles. The Balaban J connectivity index is 1.61. The number of fused-ring (bicyclic) bond motifs is 1. The fourth-order valence-corrected chi connectivity index (χ4v) is 4.03. The van der Waals surface area contributed by atoms with Gasteiger partial charge in [-0.2, -0.15) is 5.10 Å². The molecule has 3 heterocycles. The number of aromatic hydroxyl groups is 1. The molecule has 2 aromatic carbocycles. The van der Waals surface area contributed by atoms with Gasteiger partial charge in [0.1, 0.15) is 5.75 Å². The van der Waals surface area contributed by atoms with Gasteiger partial charge in [0.15, 0.2) is 5.65 Å². The summed E-state index contributed by atoms with van der Waals surface area (Å²) < 4.78 is 0. The van der Waals surface area contributed by atoms with Crippen molar-refractivity contribution in [1.82, 2.24) is 25.4 Å². The topological polar surface area (TPSA) is 94.1 Å². The van der Waals surface area contributed by atoms with Gasteiger partial charge < -0.3 is 15.3 Å². The van der Waals surface area contributed by atoms with Gasteiger partial charge in [-0.15, -0.1) is 0 Å². The number of rotatable bonds is 4. The van der Waals surface area contributed by atoms with E-state index in [1.165, 1.54) is 0 Å². The van der Waals surface area contributed by atoms with Crippen molar-refractivity contribution >= 4 is 40.7 Å². The molecule has 1 aliphatic heterocycles. The van der Waals surface area contributed by atoms with Crippen LogP contribution in [0.3, 0.4) is 0 Å². The van der Waals surface area contributed by atoms with E-state index in [4.69, 9.17) is 16.6 Å². The molecule has 33 heavy (non-hydrogen) atoms. The van der Waals surface area contributed by atoms with E-state index in [9.17, 15) is 9.90 Å². The molecule has 3 N–H and O–H groups in total. The van der Waals surface area contributed by atoms with Crippen molar-refractivity contribution in [3.63, 3.8) is 0 Å². The molecule has 166 valence electrons. The van der Waals surface area contributed by atoms with Crippen molar-refractivity contribution in [2.75, 3.05) is 26.2 Å². The van der Waals surface area contributed by atoms with Crippen LogP contribution < -0.4 is 5.32 Å². The number of aromatic amines is 1. The quantitative estimate of drug-likeness (QED) is 0.425. The molecule has 8 heteroatoms. The van der Waals surface area contributed by atoms with E-state index >= 15 is 0 Å². The molecule has 1 fully saturated rings. The zero-order valence-electron chi connectivity index (χ0n) is 17.8. The third kappa shape index (κ3) is 4.46. The number of aromatic nitrogens is 3. The smallest absolute Gasteiger partial charge is 0.254 e. The minimum atomic E-state index is -0.0496. The standard InChI is InChI=1S/C25H22ClN5O2/c26-18-6-1-16(2-7-18)3-10-21-23-20(25(33)31-13-11-27-12-14-31)15-22(28-24(23)30-29-21)17-4-8-19(32)9-5-17/h1-10,15,27,32H,11-14H2,(H,28,29,30). The highest BCUT2D eigenvalue weighted by atomic mass is 35.5. The Morgan fingerprint density at radius 2 is 1.76 bits per heavy atom. The maximum Gasteiger partial charge on any atom is 0.254 e. The highest BCUT2D eigenvalue weighted by Gasteiger charge is 2.24. The van der Waals surface area contributed by atoms with Crippen LogP contribution in [0.4, 0.5) is 0 Å². The third-order valence-corrected chi connectivity index (χ3v) is 5.91. The lowest BCUT2D eigenvalue weighted by molar-refractivity contribution is 0.0737. The molecule has 0 radical (unpaired) electrons. The van der Waals surface area contributed by atoms with Gasteiger partial charge in [-0.05, 0) is 54.1 Å². The summed E-state index contributed by atoms with van der Waals surface area (Å²) in [5.41, 5.74) is 4.13. The molecule has 7 nitrogen and oxygen atoms in total. The van der Waals surface area contributed by atoms with Gasteiger partial charge in [0.05, 0.1) is 22.3 Å². The Bertz CT molecular complexity index is 1320. The summed E-state index contributed by atoms with van der Waals surface area (Å²) in [7, 11) is 0. The maximum absolute atomic E-state index is 13.6. The number of nitrogens with zero attached hydrogens (tertiary/aromatic N) is 3. The predicted octanol–water partition coefficient (Wildman–Crippen LogP) is 4.20. The van der Waals surface area contributed by atoms with Crippen LogP contribution in [-0.4, -0.2) is 57.3 Å². The van der Waals surface area contributed by atoms with E-state index in [1.807, 2.05) is 47.4 Å². The van der Waals surface area contributed by atoms with Crippen LogP contribution >= 0.6 is 11.6 Å². The SMILES string of the molecule is O=C(c1cc(-c2ccc(O)cc2)nc2n[nH]c(C=Cc3ccc(Cl)cc3)c12)N1CCNCC1. The number of amides is 1. The third-order valence-electron chi connectivity index (χ3n) is 5.66. The molecule has 0 spiro atoms. The molecule has 0 unspecified atom stereocenters. The Labute approximate surface area is 195 Å². The number of phenolic OH excluding ortho intramolecular Hbond substituents is 1. The molecule has 2 aromatic heterocycles. The fraction of sp³-hybridized carbons (Fsp3) is 0.160. The zero-order valence-corrected chi connectivity index (χ0v) is 18.5. The van der Waals surface area contributed by atoms with Crippen LogP contribution in [0.2, 0.25) is 5.02 Å². The van der Waals surface area contributed by atoms with Gasteiger partial charge in [-0.25, -0.2) is 4.98 Å². The summed E-state index contributed by atoms with van der Waals surface area (Å²) in [6.07, 6.45) is 3.84. The summed E-state index contributed by atoms with van der Waals surface area (Å²) in [6, 6.07) is 16.1. The number of H-pyrrole nitrogens is 1. The number of carbonyl (C=O) groups is 1. The molecule has 0 saturated carbocycles.